The van der Waals surface area contributed by atoms with Gasteiger partial charge in [0.05, 0.1) is 0 Å². The molecule has 0 saturated heterocycles. The first-order valence-electron chi connectivity index (χ1n) is 16.3. The second-order valence-corrected chi connectivity index (χ2v) is 26.0. The molecule has 3 rings (SSSR count). The van der Waals surface area contributed by atoms with Crippen molar-refractivity contribution >= 4 is 14.7 Å². The fourth-order valence-electron chi connectivity index (χ4n) is 7.40. The third-order valence-electron chi connectivity index (χ3n) is 10.9. The van der Waals surface area contributed by atoms with Crippen LogP contribution in [0.1, 0.15) is 170 Å². The number of rotatable bonds is 3. The Morgan fingerprint density at radius 1 is 0.415 bits per heavy atom. The van der Waals surface area contributed by atoms with Gasteiger partial charge in [0, 0.05) is 0 Å². The third-order valence-corrected chi connectivity index (χ3v) is 19.2. The molecule has 1 aliphatic rings. The summed E-state index contributed by atoms with van der Waals surface area (Å²) in [5.41, 5.74) is 10.3. The van der Waals surface area contributed by atoms with Crippen LogP contribution in [-0.2, 0) is 21.7 Å². The summed E-state index contributed by atoms with van der Waals surface area (Å²) in [7, 11) is 0.888. The average Bonchev–Trinajstić information content (AvgIpc) is 3.50. The molecule has 1 aliphatic carbocycles. The number of benzene rings is 2. The van der Waals surface area contributed by atoms with Crippen LogP contribution in [0.5, 0.6) is 0 Å². The Balaban J connectivity index is 2.41. The Morgan fingerprint density at radius 2 is 0.634 bits per heavy atom. The molecule has 41 heavy (non-hydrogen) atoms. The topological polar surface area (TPSA) is 0 Å². The summed E-state index contributed by atoms with van der Waals surface area (Å²) in [5, 5.41) is 0.595. The molecule has 2 heteroatoms. The molecule has 0 amide bonds. The Kier molecular flexibility index (Phi) is 8.61. The molecule has 0 heterocycles. The van der Waals surface area contributed by atoms with Gasteiger partial charge in [0.1, 0.15) is 0 Å². The number of hydrogen-bond acceptors (Lipinski definition) is 0. The average molecular weight is 577 g/mol. The van der Waals surface area contributed by atoms with E-state index in [4.69, 9.17) is 0 Å². The van der Waals surface area contributed by atoms with E-state index in [1.165, 1.54) is 22.3 Å². The van der Waals surface area contributed by atoms with Gasteiger partial charge in [0.25, 0.3) is 0 Å². The number of hydrogen-bond donors (Lipinski definition) is 0. The molecule has 0 aromatic heterocycles. The van der Waals surface area contributed by atoms with Crippen molar-refractivity contribution in [1.29, 1.82) is 0 Å². The maximum absolute atomic E-state index is 2.75. The molecule has 0 N–H and O–H groups in total. The summed E-state index contributed by atoms with van der Waals surface area (Å²) in [6.07, 6.45) is 0. The van der Waals surface area contributed by atoms with Crippen molar-refractivity contribution in [3.8, 4) is 0 Å². The Morgan fingerprint density at radius 3 is 0.805 bits per heavy atom. The van der Waals surface area contributed by atoms with Gasteiger partial charge in [0.15, 0.2) is 0 Å². The van der Waals surface area contributed by atoms with Crippen LogP contribution in [0.25, 0.3) is 0 Å². The first-order valence-corrected chi connectivity index (χ1v) is 18.9. The van der Waals surface area contributed by atoms with Crippen molar-refractivity contribution in [1.82, 2.24) is 0 Å². The molecule has 0 aliphatic heterocycles. The van der Waals surface area contributed by atoms with E-state index in [1.54, 1.807) is 11.1 Å². The Bertz CT molecular complexity index is 1100. The molecule has 2 atom stereocenters. The minimum absolute atomic E-state index is 0.121. The molecule has 0 radical (unpaired) electrons. The van der Waals surface area contributed by atoms with Gasteiger partial charge < -0.3 is 0 Å². The predicted molar refractivity (Wildman–Crippen MR) is 193 cm³/mol. The van der Waals surface area contributed by atoms with Crippen LogP contribution >= 0.6 is 7.14 Å². The van der Waals surface area contributed by atoms with Crippen molar-refractivity contribution in [2.24, 2.45) is 0 Å². The van der Waals surface area contributed by atoms with Gasteiger partial charge in [-0.05, 0) is 0 Å². The van der Waals surface area contributed by atoms with Gasteiger partial charge in [0.2, 0.25) is 0 Å². The summed E-state index contributed by atoms with van der Waals surface area (Å²) in [4.78, 5) is 0. The summed E-state index contributed by atoms with van der Waals surface area (Å²) < 4.78 is 0. The Labute approximate surface area is 258 Å². The van der Waals surface area contributed by atoms with Crippen molar-refractivity contribution in [2.45, 2.75) is 174 Å². The molecule has 1 fully saturated rings. The zero-order valence-electron chi connectivity index (χ0n) is 30.7. The van der Waals surface area contributed by atoms with Crippen LogP contribution in [0, 0.1) is 0 Å². The Hall–Kier alpha value is -1.07. The van der Waals surface area contributed by atoms with E-state index in [2.05, 4.69) is 169 Å². The first kappa shape index (κ1) is 34.4. The maximum atomic E-state index is 2.75. The molecular formula is C39H66BP. The first-order chi connectivity index (χ1) is 18.0. The summed E-state index contributed by atoms with van der Waals surface area (Å²) >= 11 is 0. The van der Waals surface area contributed by atoms with Crippen LogP contribution in [0.3, 0.4) is 0 Å². The summed E-state index contributed by atoms with van der Waals surface area (Å²) in [5.74, 6) is 1.13. The molecule has 0 spiro atoms. The van der Waals surface area contributed by atoms with Gasteiger partial charge in [-0.1, -0.05) is 0 Å². The van der Waals surface area contributed by atoms with Crippen LogP contribution in [0.4, 0.5) is 0 Å². The van der Waals surface area contributed by atoms with E-state index < -0.39 is 7.14 Å². The molecular weight excluding hydrogens is 510 g/mol. The van der Waals surface area contributed by atoms with E-state index in [-0.39, 0.29) is 21.7 Å². The fraction of sp³-hybridized carbons (Fsp3) is 0.692. The van der Waals surface area contributed by atoms with Crippen LogP contribution in [-0.4, -0.2) is 23.5 Å². The SMILES string of the molecule is B[PH](C1C(c2cc(C(C)(C)C)cc(C(C)(C)C)c2)C1c1cc(C(C)(C)C)cc(C(C)(C)C)c1)(C(C)(C)C)C(C)(C)C. The van der Waals surface area contributed by atoms with E-state index in [9.17, 15) is 0 Å². The second-order valence-electron chi connectivity index (χ2n) is 20.0. The monoisotopic (exact) mass is 576 g/mol. The zero-order chi connectivity index (χ0) is 31.9. The summed E-state index contributed by atoms with van der Waals surface area (Å²) in [6.45, 7) is 43.9. The standard InChI is InChI=1S/C39H66BP/c1-34(2,3)27-19-25(20-28(23-27)35(4,5)6)31-32(33(31)41(40,38(13,14)15)39(16,17)18)26-21-29(36(7,8)9)24-30(22-26)37(10,11)12/h19-24,31-33,41H,40H2,1-18H3. The van der Waals surface area contributed by atoms with Crippen molar-refractivity contribution in [3.05, 3.63) is 69.8 Å². The van der Waals surface area contributed by atoms with E-state index in [0.717, 1.165) is 0 Å². The van der Waals surface area contributed by atoms with Gasteiger partial charge in [-0.15, -0.1) is 0 Å². The van der Waals surface area contributed by atoms with Crippen molar-refractivity contribution in [3.63, 3.8) is 0 Å². The van der Waals surface area contributed by atoms with Gasteiger partial charge in [-0.25, -0.2) is 0 Å². The van der Waals surface area contributed by atoms with Gasteiger partial charge in [-0.3, -0.25) is 0 Å². The van der Waals surface area contributed by atoms with E-state index in [0.29, 0.717) is 27.8 Å². The fourth-order valence-corrected chi connectivity index (χ4v) is 13.8. The zero-order valence-corrected chi connectivity index (χ0v) is 31.7. The predicted octanol–water partition coefficient (Wildman–Crippen LogP) is 11.0. The molecule has 1 saturated carbocycles. The van der Waals surface area contributed by atoms with E-state index in [1.807, 2.05) is 0 Å². The van der Waals surface area contributed by atoms with Crippen molar-refractivity contribution < 1.29 is 0 Å². The van der Waals surface area contributed by atoms with Gasteiger partial charge >= 0.3 is 259 Å². The minimum atomic E-state index is -1.86. The summed E-state index contributed by atoms with van der Waals surface area (Å²) in [6, 6.07) is 15.4. The normalized spacial score (nSPS) is 21.7. The van der Waals surface area contributed by atoms with Crippen LogP contribution in [0.15, 0.2) is 36.4 Å². The van der Waals surface area contributed by atoms with Crippen LogP contribution in [0.2, 0.25) is 0 Å². The third kappa shape index (κ3) is 6.72. The second kappa shape index (κ2) is 10.2. The molecule has 2 aromatic rings. The quantitative estimate of drug-likeness (QED) is 0.252. The molecule has 0 nitrogen and oxygen atoms in total. The van der Waals surface area contributed by atoms with E-state index >= 15 is 0 Å². The van der Waals surface area contributed by atoms with Gasteiger partial charge in [-0.2, -0.15) is 0 Å². The van der Waals surface area contributed by atoms with Crippen molar-refractivity contribution in [2.75, 3.05) is 0 Å². The van der Waals surface area contributed by atoms with Crippen LogP contribution < -0.4 is 0 Å². The molecule has 2 aromatic carbocycles. The molecule has 230 valence electrons. The molecule has 2 unspecified atom stereocenters. The molecule has 0 bridgehead atoms.